The van der Waals surface area contributed by atoms with Gasteiger partial charge in [-0.15, -0.1) is 0 Å². The molecule has 0 aliphatic heterocycles. The number of fused-ring (bicyclic) bond motifs is 1. The van der Waals surface area contributed by atoms with Crippen molar-refractivity contribution in [1.82, 2.24) is 14.6 Å². The van der Waals surface area contributed by atoms with Crippen molar-refractivity contribution in [2.45, 2.75) is 24.9 Å². The van der Waals surface area contributed by atoms with Gasteiger partial charge in [0.05, 0.1) is 22.9 Å². The highest BCUT2D eigenvalue weighted by Crippen LogP contribution is 2.41. The number of non-ortho nitro benzene ring substituents is 1. The molecule has 1 aliphatic carbocycles. The number of aromatic nitrogens is 3. The molecule has 3 aromatic rings. The van der Waals surface area contributed by atoms with E-state index in [9.17, 15) is 33.2 Å². The van der Waals surface area contributed by atoms with Crippen molar-refractivity contribution in [2.24, 2.45) is 0 Å². The molecule has 1 amide bonds. The van der Waals surface area contributed by atoms with Crippen molar-refractivity contribution in [3.8, 4) is 5.75 Å². The summed E-state index contributed by atoms with van der Waals surface area (Å²) >= 11 is 0. The SMILES string of the molecule is O=C(Nc1ccc([N+](=O)[O-])cc1O)c1cnn2c(C(F)(F)F)cc(C3CC3)nc12. The minimum Gasteiger partial charge on any atom is -0.506 e. The maximum Gasteiger partial charge on any atom is 0.433 e. The van der Waals surface area contributed by atoms with Crippen molar-refractivity contribution >= 4 is 22.9 Å². The first-order chi connectivity index (χ1) is 13.6. The van der Waals surface area contributed by atoms with Crippen molar-refractivity contribution in [1.29, 1.82) is 0 Å². The topological polar surface area (TPSA) is 123 Å². The van der Waals surface area contributed by atoms with Gasteiger partial charge in [0.15, 0.2) is 5.65 Å². The molecule has 0 spiro atoms. The van der Waals surface area contributed by atoms with Crippen LogP contribution in [-0.4, -0.2) is 30.5 Å². The highest BCUT2D eigenvalue weighted by molar-refractivity contribution is 6.08. The van der Waals surface area contributed by atoms with Crippen molar-refractivity contribution < 1.29 is 28.0 Å². The number of nitrogens with one attached hydrogen (secondary N) is 1. The molecule has 0 saturated heterocycles. The molecule has 2 N–H and O–H groups in total. The second kappa shape index (κ2) is 6.43. The summed E-state index contributed by atoms with van der Waals surface area (Å²) in [5, 5.41) is 26.5. The van der Waals surface area contributed by atoms with Crippen LogP contribution in [0.5, 0.6) is 5.75 Å². The first-order valence-corrected chi connectivity index (χ1v) is 8.40. The number of nitro benzene ring substituents is 1. The number of aromatic hydroxyl groups is 1. The second-order valence-corrected chi connectivity index (χ2v) is 6.54. The Kier molecular flexibility index (Phi) is 4.14. The van der Waals surface area contributed by atoms with Gasteiger partial charge in [0.2, 0.25) is 0 Å². The summed E-state index contributed by atoms with van der Waals surface area (Å²) in [6.07, 6.45) is -2.31. The molecule has 1 aliphatic rings. The Morgan fingerprint density at radius 2 is 2.03 bits per heavy atom. The van der Waals surface area contributed by atoms with Gasteiger partial charge in [-0.05, 0) is 25.0 Å². The molecular weight excluding hydrogens is 395 g/mol. The van der Waals surface area contributed by atoms with Crippen LogP contribution in [-0.2, 0) is 6.18 Å². The summed E-state index contributed by atoms with van der Waals surface area (Å²) < 4.78 is 40.8. The number of phenols is 1. The van der Waals surface area contributed by atoms with Crippen molar-refractivity contribution in [3.63, 3.8) is 0 Å². The number of hydrogen-bond donors (Lipinski definition) is 2. The zero-order valence-electron chi connectivity index (χ0n) is 14.5. The Hall–Kier alpha value is -3.70. The smallest absolute Gasteiger partial charge is 0.433 e. The van der Waals surface area contributed by atoms with Crippen LogP contribution in [0.15, 0.2) is 30.5 Å². The first-order valence-electron chi connectivity index (χ1n) is 8.40. The van der Waals surface area contributed by atoms with E-state index in [-0.39, 0.29) is 34.2 Å². The van der Waals surface area contributed by atoms with Crippen molar-refractivity contribution in [2.75, 3.05) is 5.32 Å². The molecule has 0 atom stereocenters. The molecule has 0 radical (unpaired) electrons. The predicted octanol–water partition coefficient (Wildman–Crippen LogP) is 3.49. The number of carbonyl (C=O) groups excluding carboxylic acids is 1. The number of rotatable bonds is 4. The second-order valence-electron chi connectivity index (χ2n) is 6.54. The number of alkyl halides is 3. The summed E-state index contributed by atoms with van der Waals surface area (Å²) in [6, 6.07) is 3.95. The minimum absolute atomic E-state index is 0.0920. The number of phenolic OH excluding ortho intramolecular Hbond substituents is 1. The lowest BCUT2D eigenvalue weighted by atomic mass is 10.2. The molecule has 0 unspecified atom stereocenters. The van der Waals surface area contributed by atoms with Crippen LogP contribution in [0, 0.1) is 10.1 Å². The molecule has 9 nitrogen and oxygen atoms in total. The molecule has 12 heteroatoms. The van der Waals surface area contributed by atoms with Gasteiger partial charge in [0.25, 0.3) is 11.6 Å². The third-order valence-electron chi connectivity index (χ3n) is 4.46. The van der Waals surface area contributed by atoms with Gasteiger partial charge in [-0.1, -0.05) is 0 Å². The fourth-order valence-corrected chi connectivity index (χ4v) is 2.86. The Morgan fingerprint density at radius 3 is 2.62 bits per heavy atom. The van der Waals surface area contributed by atoms with E-state index < -0.39 is 28.5 Å². The number of benzene rings is 1. The van der Waals surface area contributed by atoms with Crippen LogP contribution < -0.4 is 5.32 Å². The van der Waals surface area contributed by atoms with Gasteiger partial charge in [0.1, 0.15) is 17.0 Å². The fourth-order valence-electron chi connectivity index (χ4n) is 2.86. The summed E-state index contributed by atoms with van der Waals surface area (Å²) in [7, 11) is 0. The van der Waals surface area contributed by atoms with Gasteiger partial charge < -0.3 is 10.4 Å². The molecule has 4 rings (SSSR count). The van der Waals surface area contributed by atoms with E-state index in [1.54, 1.807) is 0 Å². The third kappa shape index (κ3) is 3.44. The van der Waals surface area contributed by atoms with E-state index in [4.69, 9.17) is 0 Å². The number of anilines is 1. The minimum atomic E-state index is -4.69. The zero-order valence-corrected chi connectivity index (χ0v) is 14.5. The molecule has 1 saturated carbocycles. The third-order valence-corrected chi connectivity index (χ3v) is 4.46. The van der Waals surface area contributed by atoms with Crippen molar-refractivity contribution in [3.05, 3.63) is 57.5 Å². The van der Waals surface area contributed by atoms with Crippen LogP contribution in [0.2, 0.25) is 0 Å². The fraction of sp³-hybridized carbons (Fsp3) is 0.235. The lowest BCUT2D eigenvalue weighted by molar-refractivity contribution is -0.384. The van der Waals surface area contributed by atoms with E-state index >= 15 is 0 Å². The molecule has 2 heterocycles. The number of nitrogens with zero attached hydrogens (tertiary/aromatic N) is 4. The van der Waals surface area contributed by atoms with Crippen LogP contribution in [0.4, 0.5) is 24.5 Å². The van der Waals surface area contributed by atoms with E-state index in [0.29, 0.717) is 17.4 Å². The van der Waals surface area contributed by atoms with E-state index in [2.05, 4.69) is 15.4 Å². The lowest BCUT2D eigenvalue weighted by Crippen LogP contribution is -2.16. The normalized spacial score (nSPS) is 14.2. The molecule has 150 valence electrons. The quantitative estimate of drug-likeness (QED) is 0.388. The standard InChI is InChI=1S/C17H12F3N5O4/c18-17(19,20)14-6-12(8-1-2-8)22-15-10(7-21-24(14)15)16(27)23-11-4-3-9(25(28)29)5-13(11)26/h3-8,26H,1-2H2,(H,23,27). The van der Waals surface area contributed by atoms with Crippen LogP contribution >= 0.6 is 0 Å². The number of hydrogen-bond acceptors (Lipinski definition) is 6. The Labute approximate surface area is 159 Å². The summed E-state index contributed by atoms with van der Waals surface area (Å²) in [4.78, 5) is 26.8. The Balaban J connectivity index is 1.73. The number of nitro groups is 1. The van der Waals surface area contributed by atoms with E-state index in [0.717, 1.165) is 30.5 Å². The largest absolute Gasteiger partial charge is 0.506 e. The molecule has 1 aromatic carbocycles. The lowest BCUT2D eigenvalue weighted by Gasteiger charge is -2.11. The highest BCUT2D eigenvalue weighted by Gasteiger charge is 2.38. The van der Waals surface area contributed by atoms with Gasteiger partial charge in [0, 0.05) is 17.7 Å². The molecular formula is C17H12F3N5O4. The average Bonchev–Trinajstić information content (AvgIpc) is 3.40. The number of carbonyl (C=O) groups is 1. The predicted molar refractivity (Wildman–Crippen MR) is 92.7 cm³/mol. The van der Waals surface area contributed by atoms with Crippen LogP contribution in [0.3, 0.4) is 0 Å². The highest BCUT2D eigenvalue weighted by atomic mass is 19.4. The zero-order chi connectivity index (χ0) is 20.9. The van der Waals surface area contributed by atoms with Gasteiger partial charge in [-0.2, -0.15) is 18.3 Å². The summed E-state index contributed by atoms with van der Waals surface area (Å²) in [5.74, 6) is -1.52. The monoisotopic (exact) mass is 407 g/mol. The van der Waals surface area contributed by atoms with E-state index in [1.807, 2.05) is 0 Å². The maximum atomic E-state index is 13.4. The maximum absolute atomic E-state index is 13.4. The molecule has 2 aromatic heterocycles. The number of amides is 1. The summed E-state index contributed by atoms with van der Waals surface area (Å²) in [6.45, 7) is 0. The van der Waals surface area contributed by atoms with Gasteiger partial charge >= 0.3 is 6.18 Å². The molecule has 29 heavy (non-hydrogen) atoms. The summed E-state index contributed by atoms with van der Waals surface area (Å²) in [5.41, 5.74) is -1.83. The van der Waals surface area contributed by atoms with Crippen LogP contribution in [0.1, 0.15) is 40.5 Å². The Bertz CT molecular complexity index is 1150. The van der Waals surface area contributed by atoms with Crippen LogP contribution in [0.25, 0.3) is 5.65 Å². The Morgan fingerprint density at radius 1 is 1.31 bits per heavy atom. The average molecular weight is 407 g/mol. The number of halogens is 3. The van der Waals surface area contributed by atoms with Gasteiger partial charge in [-0.3, -0.25) is 14.9 Å². The van der Waals surface area contributed by atoms with Gasteiger partial charge in [-0.25, -0.2) is 9.50 Å². The first kappa shape index (κ1) is 18.7. The molecule has 1 fully saturated rings. The van der Waals surface area contributed by atoms with E-state index in [1.165, 1.54) is 0 Å². The molecule has 0 bridgehead atoms.